The molecular formula is C18H12F3N5OS. The molecule has 2 aromatic heterocycles. The molecule has 0 atom stereocenters. The van der Waals surface area contributed by atoms with Crippen LogP contribution in [-0.2, 0) is 11.0 Å². The summed E-state index contributed by atoms with van der Waals surface area (Å²) < 4.78 is 39.8. The van der Waals surface area contributed by atoms with Gasteiger partial charge in [0.25, 0.3) is 0 Å². The summed E-state index contributed by atoms with van der Waals surface area (Å²) in [6, 6.07) is 12.0. The van der Waals surface area contributed by atoms with Crippen LogP contribution in [0.25, 0.3) is 16.6 Å². The third-order valence-corrected chi connectivity index (χ3v) is 4.71. The lowest BCUT2D eigenvalue weighted by atomic mass is 10.2. The molecule has 0 aliphatic rings. The number of hydrogen-bond acceptors (Lipinski definition) is 5. The number of benzene rings is 2. The second kappa shape index (κ2) is 7.12. The van der Waals surface area contributed by atoms with Gasteiger partial charge in [-0.1, -0.05) is 30.0 Å². The fourth-order valence-electron chi connectivity index (χ4n) is 2.62. The number of para-hydroxylation sites is 1. The van der Waals surface area contributed by atoms with Gasteiger partial charge in [0.05, 0.1) is 16.8 Å². The van der Waals surface area contributed by atoms with Gasteiger partial charge >= 0.3 is 6.18 Å². The molecule has 2 heterocycles. The van der Waals surface area contributed by atoms with Crippen LogP contribution >= 0.6 is 11.8 Å². The van der Waals surface area contributed by atoms with E-state index in [2.05, 4.69) is 20.4 Å². The number of aromatic nitrogens is 4. The van der Waals surface area contributed by atoms with Crippen LogP contribution in [0.2, 0.25) is 0 Å². The first-order chi connectivity index (χ1) is 13.4. The largest absolute Gasteiger partial charge is 0.416 e. The first-order valence-corrected chi connectivity index (χ1v) is 9.09. The number of carbonyl (C=O) groups excluding carboxylic acids is 1. The van der Waals surface area contributed by atoms with E-state index in [0.29, 0.717) is 10.8 Å². The maximum atomic E-state index is 12.7. The molecule has 4 aromatic rings. The van der Waals surface area contributed by atoms with Gasteiger partial charge in [0.15, 0.2) is 5.65 Å². The van der Waals surface area contributed by atoms with E-state index in [1.807, 2.05) is 24.3 Å². The number of nitrogens with zero attached hydrogens (tertiary/aromatic N) is 4. The Balaban J connectivity index is 1.46. The maximum absolute atomic E-state index is 12.7. The van der Waals surface area contributed by atoms with E-state index in [-0.39, 0.29) is 11.4 Å². The van der Waals surface area contributed by atoms with Gasteiger partial charge in [-0.15, -0.1) is 5.10 Å². The van der Waals surface area contributed by atoms with E-state index in [4.69, 9.17) is 0 Å². The lowest BCUT2D eigenvalue weighted by Crippen LogP contribution is -2.15. The molecule has 0 unspecified atom stereocenters. The van der Waals surface area contributed by atoms with Gasteiger partial charge in [-0.25, -0.2) is 14.5 Å². The molecule has 28 heavy (non-hydrogen) atoms. The highest BCUT2D eigenvalue weighted by atomic mass is 32.2. The normalized spacial score (nSPS) is 11.8. The number of halogens is 3. The van der Waals surface area contributed by atoms with Crippen molar-refractivity contribution in [1.29, 1.82) is 0 Å². The lowest BCUT2D eigenvalue weighted by molar-refractivity contribution is -0.137. The van der Waals surface area contributed by atoms with Crippen LogP contribution < -0.4 is 5.32 Å². The van der Waals surface area contributed by atoms with Crippen molar-refractivity contribution in [1.82, 2.24) is 19.6 Å². The Morgan fingerprint density at radius 2 is 1.96 bits per heavy atom. The van der Waals surface area contributed by atoms with Crippen molar-refractivity contribution < 1.29 is 18.0 Å². The first-order valence-electron chi connectivity index (χ1n) is 8.10. The zero-order chi connectivity index (χ0) is 19.7. The van der Waals surface area contributed by atoms with Crippen LogP contribution in [0.4, 0.5) is 18.9 Å². The quantitative estimate of drug-likeness (QED) is 0.521. The highest BCUT2D eigenvalue weighted by Gasteiger charge is 2.30. The van der Waals surface area contributed by atoms with Crippen molar-refractivity contribution in [3.05, 3.63) is 60.4 Å². The number of hydrogen-bond donors (Lipinski definition) is 1. The number of anilines is 1. The summed E-state index contributed by atoms with van der Waals surface area (Å²) in [6.07, 6.45) is -2.93. The predicted molar refractivity (Wildman–Crippen MR) is 99.1 cm³/mol. The monoisotopic (exact) mass is 403 g/mol. The lowest BCUT2D eigenvalue weighted by Gasteiger charge is -2.09. The number of nitrogens with one attached hydrogen (secondary N) is 1. The standard InChI is InChI=1S/C18H12F3N5OS/c19-18(20,21)11-4-3-5-12(8-11)23-15(27)9-28-17-24-16-13-6-1-2-7-14(13)22-10-26(16)25-17/h1-8,10H,9H2,(H,23,27). The maximum Gasteiger partial charge on any atom is 0.416 e. The Morgan fingerprint density at radius 1 is 1.14 bits per heavy atom. The van der Waals surface area contributed by atoms with E-state index in [1.165, 1.54) is 23.0 Å². The molecule has 1 N–H and O–H groups in total. The molecule has 0 saturated carbocycles. The number of alkyl halides is 3. The van der Waals surface area contributed by atoms with Crippen molar-refractivity contribution >= 4 is 39.9 Å². The second-order valence-corrected chi connectivity index (χ2v) is 6.78. The molecule has 0 radical (unpaired) electrons. The van der Waals surface area contributed by atoms with Crippen LogP contribution in [0.1, 0.15) is 5.56 Å². The Labute approximate surface area is 160 Å². The third-order valence-electron chi connectivity index (χ3n) is 3.87. The van der Waals surface area contributed by atoms with Crippen LogP contribution in [0, 0.1) is 0 Å². The van der Waals surface area contributed by atoms with Crippen molar-refractivity contribution in [3.63, 3.8) is 0 Å². The SMILES string of the molecule is O=C(CSc1nc2c3ccccc3ncn2n1)Nc1cccc(C(F)(F)F)c1. The average molecular weight is 403 g/mol. The Hall–Kier alpha value is -3.14. The number of thioether (sulfide) groups is 1. The van der Waals surface area contributed by atoms with Gasteiger partial charge in [-0.05, 0) is 30.3 Å². The Morgan fingerprint density at radius 3 is 2.79 bits per heavy atom. The number of rotatable bonds is 4. The molecule has 0 saturated heterocycles. The predicted octanol–water partition coefficient (Wildman–Crippen LogP) is 4.03. The van der Waals surface area contributed by atoms with Crippen molar-refractivity contribution in [3.8, 4) is 0 Å². The van der Waals surface area contributed by atoms with Gasteiger partial charge < -0.3 is 5.32 Å². The molecule has 142 valence electrons. The fourth-order valence-corrected chi connectivity index (χ4v) is 3.25. The van der Waals surface area contributed by atoms with Crippen LogP contribution in [0.3, 0.4) is 0 Å². The summed E-state index contributed by atoms with van der Waals surface area (Å²) in [5.74, 6) is -0.496. The highest BCUT2D eigenvalue weighted by Crippen LogP contribution is 2.30. The minimum absolute atomic E-state index is 0.0432. The molecule has 0 aliphatic carbocycles. The van der Waals surface area contributed by atoms with Gasteiger partial charge in [0, 0.05) is 11.1 Å². The van der Waals surface area contributed by atoms with E-state index < -0.39 is 17.6 Å². The zero-order valence-corrected chi connectivity index (χ0v) is 15.0. The second-order valence-electron chi connectivity index (χ2n) is 5.84. The summed E-state index contributed by atoms with van der Waals surface area (Å²) >= 11 is 1.09. The van der Waals surface area contributed by atoms with Crippen molar-refractivity contribution in [2.24, 2.45) is 0 Å². The minimum Gasteiger partial charge on any atom is -0.325 e. The summed E-state index contributed by atoms with van der Waals surface area (Å²) in [7, 11) is 0. The summed E-state index contributed by atoms with van der Waals surface area (Å²) in [6.45, 7) is 0. The van der Waals surface area contributed by atoms with Crippen LogP contribution in [-0.4, -0.2) is 31.2 Å². The summed E-state index contributed by atoms with van der Waals surface area (Å²) in [5.41, 5.74) is 0.658. The van der Waals surface area contributed by atoms with E-state index in [1.54, 1.807) is 0 Å². The average Bonchev–Trinajstić information content (AvgIpc) is 3.10. The van der Waals surface area contributed by atoms with E-state index in [9.17, 15) is 18.0 Å². The molecule has 0 fully saturated rings. The summed E-state index contributed by atoms with van der Waals surface area (Å²) in [5, 5.41) is 7.92. The van der Waals surface area contributed by atoms with E-state index in [0.717, 1.165) is 34.8 Å². The van der Waals surface area contributed by atoms with Gasteiger partial charge in [-0.2, -0.15) is 13.2 Å². The number of carbonyl (C=O) groups is 1. The van der Waals surface area contributed by atoms with Crippen LogP contribution in [0.15, 0.2) is 60.0 Å². The molecule has 6 nitrogen and oxygen atoms in total. The smallest absolute Gasteiger partial charge is 0.325 e. The molecule has 0 spiro atoms. The summed E-state index contributed by atoms with van der Waals surface area (Å²) in [4.78, 5) is 20.8. The molecular weight excluding hydrogens is 391 g/mol. The van der Waals surface area contributed by atoms with Crippen molar-refractivity contribution in [2.75, 3.05) is 11.1 Å². The van der Waals surface area contributed by atoms with Gasteiger partial charge in [0.2, 0.25) is 11.1 Å². The third kappa shape index (κ3) is 3.77. The van der Waals surface area contributed by atoms with Crippen molar-refractivity contribution in [2.45, 2.75) is 11.3 Å². The molecule has 1 amide bonds. The number of amides is 1. The van der Waals surface area contributed by atoms with E-state index >= 15 is 0 Å². The Bertz CT molecular complexity index is 1170. The first kappa shape index (κ1) is 18.2. The molecule has 0 aliphatic heterocycles. The topological polar surface area (TPSA) is 72.2 Å². The molecule has 10 heteroatoms. The zero-order valence-electron chi connectivity index (χ0n) is 14.1. The fraction of sp³-hybridized carbons (Fsp3) is 0.111. The minimum atomic E-state index is -4.47. The van der Waals surface area contributed by atoms with Gasteiger partial charge in [-0.3, -0.25) is 4.79 Å². The highest BCUT2D eigenvalue weighted by molar-refractivity contribution is 7.99. The van der Waals surface area contributed by atoms with Gasteiger partial charge in [0.1, 0.15) is 6.33 Å². The molecule has 4 rings (SSSR count). The van der Waals surface area contributed by atoms with Crippen LogP contribution in [0.5, 0.6) is 0 Å². The number of fused-ring (bicyclic) bond motifs is 3. The Kier molecular flexibility index (Phi) is 4.63. The molecule has 2 aromatic carbocycles. The molecule has 0 bridgehead atoms.